The molecule has 0 saturated carbocycles. The second-order valence-electron chi connectivity index (χ2n) is 8.65. The van der Waals surface area contributed by atoms with Crippen LogP contribution in [0.1, 0.15) is 30.3 Å². The molecule has 0 unspecified atom stereocenters. The van der Waals surface area contributed by atoms with Gasteiger partial charge >= 0.3 is 5.97 Å². The van der Waals surface area contributed by atoms with E-state index in [1.165, 1.54) is 59.6 Å². The number of carbonyl (C=O) groups is 1. The van der Waals surface area contributed by atoms with Crippen LogP contribution in [0.3, 0.4) is 0 Å². The summed E-state index contributed by atoms with van der Waals surface area (Å²) in [5.41, 5.74) is -1.96. The van der Waals surface area contributed by atoms with Gasteiger partial charge in [-0.3, -0.25) is 25.0 Å². The number of nitro benzene ring substituents is 2. The lowest BCUT2D eigenvalue weighted by atomic mass is 9.79. The molecule has 0 aliphatic carbocycles. The van der Waals surface area contributed by atoms with Crippen molar-refractivity contribution in [2.45, 2.75) is 24.7 Å². The molecule has 0 spiro atoms. The zero-order chi connectivity index (χ0) is 27.8. The van der Waals surface area contributed by atoms with Crippen molar-refractivity contribution in [1.82, 2.24) is 0 Å². The Balaban J connectivity index is 1.87. The van der Waals surface area contributed by atoms with Gasteiger partial charge in [0.2, 0.25) is 0 Å². The molecule has 0 bridgehead atoms. The second-order valence-corrected chi connectivity index (χ2v) is 8.65. The summed E-state index contributed by atoms with van der Waals surface area (Å²) < 4.78 is 39.0. The van der Waals surface area contributed by atoms with E-state index in [2.05, 4.69) is 0 Å². The fraction of sp³-hybridized carbons (Fsp3) is 0.458. The monoisotopic (exact) mass is 534 g/mol. The number of nitro groups is 2. The van der Waals surface area contributed by atoms with Gasteiger partial charge < -0.3 is 33.2 Å². The molecular formula is C24H26N2O12. The summed E-state index contributed by atoms with van der Waals surface area (Å²) in [6, 6.07) is 5.23. The number of rotatable bonds is 9. The fourth-order valence-electron chi connectivity index (χ4n) is 5.15. The lowest BCUT2D eigenvalue weighted by molar-refractivity contribution is -0.386. The van der Waals surface area contributed by atoms with Crippen LogP contribution >= 0.6 is 0 Å². The lowest BCUT2D eigenvalue weighted by Crippen LogP contribution is -2.44. The minimum atomic E-state index is -1.54. The highest BCUT2D eigenvalue weighted by Crippen LogP contribution is 2.58. The molecule has 0 amide bonds. The van der Waals surface area contributed by atoms with Gasteiger partial charge in [0.05, 0.1) is 86.8 Å². The van der Waals surface area contributed by atoms with Gasteiger partial charge in [0.1, 0.15) is 6.10 Å². The molecule has 38 heavy (non-hydrogen) atoms. The highest BCUT2D eigenvalue weighted by Gasteiger charge is 2.64. The topological polar surface area (TPSA) is 168 Å². The van der Waals surface area contributed by atoms with E-state index < -0.39 is 39.5 Å². The number of methoxy groups -OCH3 is 4. The summed E-state index contributed by atoms with van der Waals surface area (Å²) in [7, 11) is 5.45. The van der Waals surface area contributed by atoms with Gasteiger partial charge in [-0.1, -0.05) is 0 Å². The van der Waals surface area contributed by atoms with Gasteiger partial charge in [-0.05, 0) is 12.1 Å². The average Bonchev–Trinajstić information content (AvgIpc) is 3.42. The number of ether oxygens (including phenoxy) is 7. The number of fused-ring (bicyclic) bond motifs is 1. The molecule has 14 heteroatoms. The van der Waals surface area contributed by atoms with Crippen molar-refractivity contribution in [2.24, 2.45) is 5.92 Å². The molecule has 0 radical (unpaired) electrons. The largest absolute Gasteiger partial charge is 0.493 e. The maximum Gasteiger partial charge on any atom is 0.303 e. The maximum atomic E-state index is 12.3. The van der Waals surface area contributed by atoms with Crippen molar-refractivity contribution in [3.8, 4) is 23.0 Å². The van der Waals surface area contributed by atoms with Crippen LogP contribution in [-0.2, 0) is 19.0 Å². The molecule has 2 aromatic rings. The van der Waals surface area contributed by atoms with Crippen LogP contribution in [0.4, 0.5) is 11.4 Å². The Morgan fingerprint density at radius 3 is 1.79 bits per heavy atom. The average molecular weight is 534 g/mol. The molecule has 2 fully saturated rings. The van der Waals surface area contributed by atoms with Crippen molar-refractivity contribution in [1.29, 1.82) is 0 Å². The third kappa shape index (κ3) is 4.31. The predicted octanol–water partition coefficient (Wildman–Crippen LogP) is 3.30. The second kappa shape index (κ2) is 10.3. The van der Waals surface area contributed by atoms with Gasteiger partial charge in [0.25, 0.3) is 11.4 Å². The standard InChI is InChI=1S/C24H26N2O12/c1-12(27)38-24-11-37-22(13-6-18(32-2)20(34-4)8-16(13)25(28)29)15(24)10-36-23(24)14-7-19(33-3)21(35-5)9-17(14)26(30)31/h6-9,15,22-23H,10-11H2,1-5H3/t15-,22+,23-,24-/m1/s1. The Kier molecular flexibility index (Phi) is 7.29. The number of benzene rings is 2. The van der Waals surface area contributed by atoms with Crippen LogP contribution < -0.4 is 18.9 Å². The normalized spacial score (nSPS) is 23.9. The molecule has 0 N–H and O–H groups in total. The first-order valence-corrected chi connectivity index (χ1v) is 11.3. The zero-order valence-corrected chi connectivity index (χ0v) is 21.2. The van der Waals surface area contributed by atoms with Crippen LogP contribution in [0.2, 0.25) is 0 Å². The first kappa shape index (κ1) is 26.9. The van der Waals surface area contributed by atoms with Crippen LogP contribution in [0.25, 0.3) is 0 Å². The van der Waals surface area contributed by atoms with E-state index in [0.29, 0.717) is 0 Å². The highest BCUT2D eigenvalue weighted by molar-refractivity contribution is 5.67. The first-order chi connectivity index (χ1) is 18.1. The summed E-state index contributed by atoms with van der Waals surface area (Å²) in [6.45, 7) is 0.861. The summed E-state index contributed by atoms with van der Waals surface area (Å²) >= 11 is 0. The van der Waals surface area contributed by atoms with Crippen molar-refractivity contribution in [3.05, 3.63) is 55.6 Å². The first-order valence-electron chi connectivity index (χ1n) is 11.3. The van der Waals surface area contributed by atoms with E-state index >= 15 is 0 Å². The molecule has 4 rings (SSSR count). The number of esters is 1. The maximum absolute atomic E-state index is 12.3. The zero-order valence-electron chi connectivity index (χ0n) is 21.2. The predicted molar refractivity (Wildman–Crippen MR) is 128 cm³/mol. The molecule has 2 saturated heterocycles. The van der Waals surface area contributed by atoms with E-state index in [1.54, 1.807) is 0 Å². The molecule has 204 valence electrons. The third-order valence-corrected chi connectivity index (χ3v) is 6.75. The Morgan fingerprint density at radius 1 is 0.842 bits per heavy atom. The van der Waals surface area contributed by atoms with E-state index in [1.807, 2.05) is 0 Å². The lowest BCUT2D eigenvalue weighted by Gasteiger charge is -2.32. The van der Waals surface area contributed by atoms with Gasteiger partial charge in [-0.15, -0.1) is 0 Å². The van der Waals surface area contributed by atoms with Crippen LogP contribution in [0.5, 0.6) is 23.0 Å². The SMILES string of the molecule is COc1cc([C@H]2OC[C@@H]3[C@H](c4cc(OC)c(OC)cc4[N+](=O)[O-])OC[C@]23OC(C)=O)c([N+](=O)[O-])cc1OC. The molecule has 2 heterocycles. The van der Waals surface area contributed by atoms with Gasteiger partial charge in [0.15, 0.2) is 28.6 Å². The fourth-order valence-corrected chi connectivity index (χ4v) is 5.15. The minimum absolute atomic E-state index is 0.0717. The number of nitrogens with zero attached hydrogens (tertiary/aromatic N) is 2. The molecule has 2 aromatic carbocycles. The summed E-state index contributed by atoms with van der Waals surface area (Å²) in [4.78, 5) is 35.1. The van der Waals surface area contributed by atoms with E-state index in [9.17, 15) is 25.0 Å². The number of hydrogen-bond acceptors (Lipinski definition) is 12. The number of carbonyl (C=O) groups excluding carboxylic acids is 1. The van der Waals surface area contributed by atoms with E-state index in [0.717, 1.165) is 0 Å². The number of hydrogen-bond donors (Lipinski definition) is 0. The van der Waals surface area contributed by atoms with E-state index in [4.69, 9.17) is 33.2 Å². The summed E-state index contributed by atoms with van der Waals surface area (Å²) in [6.07, 6.45) is -2.13. The Morgan fingerprint density at radius 2 is 1.32 bits per heavy atom. The Labute approximate surface area is 216 Å². The third-order valence-electron chi connectivity index (χ3n) is 6.75. The van der Waals surface area contributed by atoms with Crippen molar-refractivity contribution < 1.29 is 47.8 Å². The van der Waals surface area contributed by atoms with Crippen molar-refractivity contribution in [2.75, 3.05) is 41.7 Å². The Bertz CT molecular complexity index is 1280. The minimum Gasteiger partial charge on any atom is -0.493 e. The molecular weight excluding hydrogens is 508 g/mol. The quantitative estimate of drug-likeness (QED) is 0.262. The van der Waals surface area contributed by atoms with Gasteiger partial charge in [-0.2, -0.15) is 0 Å². The van der Waals surface area contributed by atoms with Crippen molar-refractivity contribution in [3.63, 3.8) is 0 Å². The molecule has 14 nitrogen and oxygen atoms in total. The summed E-state index contributed by atoms with van der Waals surface area (Å²) in [5, 5.41) is 24.0. The molecule has 2 aliphatic rings. The molecule has 4 atom stereocenters. The molecule has 2 aliphatic heterocycles. The summed E-state index contributed by atoms with van der Waals surface area (Å²) in [5.74, 6) is -0.744. The van der Waals surface area contributed by atoms with Crippen LogP contribution in [0.15, 0.2) is 24.3 Å². The van der Waals surface area contributed by atoms with Gasteiger partial charge in [-0.25, -0.2) is 0 Å². The van der Waals surface area contributed by atoms with E-state index in [-0.39, 0.29) is 58.7 Å². The van der Waals surface area contributed by atoms with Gasteiger partial charge in [0, 0.05) is 6.92 Å². The highest BCUT2D eigenvalue weighted by atomic mass is 16.6. The Hall–Kier alpha value is -4.17. The van der Waals surface area contributed by atoms with Crippen molar-refractivity contribution >= 4 is 17.3 Å². The van der Waals surface area contributed by atoms with Crippen LogP contribution in [0, 0.1) is 26.1 Å². The van der Waals surface area contributed by atoms with Crippen LogP contribution in [-0.4, -0.2) is 63.1 Å². The smallest absolute Gasteiger partial charge is 0.303 e. The molecule has 0 aromatic heterocycles.